The monoisotopic (exact) mass is 544 g/mol. The van der Waals surface area contributed by atoms with Gasteiger partial charge in [0.25, 0.3) is 0 Å². The molecule has 1 saturated heterocycles. The number of para-hydroxylation sites is 2. The van der Waals surface area contributed by atoms with E-state index in [2.05, 4.69) is 0 Å². The van der Waals surface area contributed by atoms with Crippen LogP contribution in [-0.4, -0.2) is 60.0 Å². The summed E-state index contributed by atoms with van der Waals surface area (Å²) in [6, 6.07) is 12.8. The average molecular weight is 545 g/mol. The molecule has 1 aliphatic carbocycles. The number of aliphatic hydroxyl groups excluding tert-OH is 1. The van der Waals surface area contributed by atoms with E-state index in [9.17, 15) is 15.0 Å². The molecular weight excluding hydrogens is 504 g/mol. The van der Waals surface area contributed by atoms with E-state index in [1.165, 1.54) is 0 Å². The van der Waals surface area contributed by atoms with Gasteiger partial charge in [-0.15, -0.1) is 0 Å². The van der Waals surface area contributed by atoms with Gasteiger partial charge in [-0.25, -0.2) is 0 Å². The van der Waals surface area contributed by atoms with Crippen LogP contribution in [0.1, 0.15) is 56.1 Å². The Morgan fingerprint density at radius 2 is 1.97 bits per heavy atom. The van der Waals surface area contributed by atoms with E-state index >= 15 is 0 Å². The summed E-state index contributed by atoms with van der Waals surface area (Å²) in [6.07, 6.45) is 3.93. The topological polar surface area (TPSA) is 105 Å². The van der Waals surface area contributed by atoms with E-state index in [1.54, 1.807) is 13.2 Å². The number of carbonyl (C=O) groups is 1. The first-order chi connectivity index (χ1) is 18.2. The summed E-state index contributed by atoms with van der Waals surface area (Å²) in [5.74, 6) is 0.707. The molecule has 5 atom stereocenters. The molecule has 38 heavy (non-hydrogen) atoms. The predicted molar refractivity (Wildman–Crippen MR) is 148 cm³/mol. The van der Waals surface area contributed by atoms with Gasteiger partial charge in [0.05, 0.1) is 16.7 Å². The van der Waals surface area contributed by atoms with Crippen molar-refractivity contribution in [2.45, 2.75) is 69.6 Å². The van der Waals surface area contributed by atoms with Crippen molar-refractivity contribution in [3.8, 4) is 11.5 Å². The summed E-state index contributed by atoms with van der Waals surface area (Å²) >= 11 is 6.48. The van der Waals surface area contributed by atoms with Crippen molar-refractivity contribution in [2.75, 3.05) is 26.8 Å². The van der Waals surface area contributed by atoms with Gasteiger partial charge in [0.1, 0.15) is 11.5 Å². The largest absolute Gasteiger partial charge is 0.455 e. The Balaban J connectivity index is 1.63. The lowest BCUT2D eigenvalue weighted by molar-refractivity contribution is -0.141. The molecule has 0 radical (unpaired) electrons. The fourth-order valence-electron chi connectivity index (χ4n) is 6.04. The molecular formula is C30H41ClN2O5. The third-order valence-electron chi connectivity index (χ3n) is 8.22. The second-order valence-electron chi connectivity index (χ2n) is 10.9. The Morgan fingerprint density at radius 3 is 2.68 bits per heavy atom. The molecule has 208 valence electrons. The van der Waals surface area contributed by atoms with Crippen LogP contribution in [0.25, 0.3) is 0 Å². The van der Waals surface area contributed by atoms with Crippen molar-refractivity contribution in [1.29, 1.82) is 0 Å². The van der Waals surface area contributed by atoms with Crippen LogP contribution in [-0.2, 0) is 15.1 Å². The molecule has 0 spiro atoms. The second-order valence-corrected chi connectivity index (χ2v) is 11.3. The molecule has 0 unspecified atom stereocenters. The lowest BCUT2D eigenvalue weighted by Crippen LogP contribution is -2.49. The lowest BCUT2D eigenvalue weighted by atomic mass is 9.73. The van der Waals surface area contributed by atoms with Crippen molar-refractivity contribution < 1.29 is 24.5 Å². The minimum absolute atomic E-state index is 0.0275. The number of ether oxygens (including phenoxy) is 2. The number of rotatable bonds is 10. The molecule has 2 aliphatic rings. The van der Waals surface area contributed by atoms with Crippen molar-refractivity contribution in [3.63, 3.8) is 0 Å². The van der Waals surface area contributed by atoms with Crippen LogP contribution in [0.2, 0.25) is 5.02 Å². The highest BCUT2D eigenvalue weighted by Crippen LogP contribution is 2.45. The molecule has 4 rings (SSSR count). The number of methoxy groups -OCH3 is 1. The first-order valence-electron chi connectivity index (χ1n) is 13.7. The highest BCUT2D eigenvalue weighted by Gasteiger charge is 2.44. The van der Waals surface area contributed by atoms with Gasteiger partial charge in [-0.2, -0.15) is 0 Å². The third kappa shape index (κ3) is 6.35. The number of amides is 1. The SMILES string of the molecule is COCCCC[C@@](O)(c1ccccc1Oc1c(C)cccc1Cl)[C@@H]1CCCN(C(=O)[C@H]2C[C@@H](N)[C@@H](O)C2)C1. The number of piperidine rings is 1. The molecule has 0 aromatic heterocycles. The number of halogens is 1. The standard InChI is InChI=1S/C30H41ClN2O5/c1-20-9-7-12-24(31)28(20)38-27-13-4-3-11-23(27)30(36,14-5-6-16-37-2)22-10-8-15-33(19-22)29(35)21-17-25(32)26(34)18-21/h3-4,7,9,11-13,21-22,25-26,34,36H,5-6,8,10,14-19,32H2,1-2H3/t21-,22+,25+,26-,30-/m0/s1. The van der Waals surface area contributed by atoms with Crippen molar-refractivity contribution >= 4 is 17.5 Å². The number of likely N-dealkylation sites (tertiary alicyclic amines) is 1. The lowest BCUT2D eigenvalue weighted by Gasteiger charge is -2.44. The maximum absolute atomic E-state index is 13.4. The van der Waals surface area contributed by atoms with Gasteiger partial charge in [-0.05, 0) is 69.6 Å². The zero-order chi connectivity index (χ0) is 27.3. The number of aryl methyl sites for hydroxylation is 1. The smallest absolute Gasteiger partial charge is 0.225 e. The van der Waals surface area contributed by atoms with E-state index in [0.29, 0.717) is 61.0 Å². The number of hydrogen-bond donors (Lipinski definition) is 3. The number of carbonyl (C=O) groups excluding carboxylic acids is 1. The van der Waals surface area contributed by atoms with Crippen molar-refractivity contribution in [3.05, 3.63) is 58.6 Å². The maximum atomic E-state index is 13.4. The van der Waals surface area contributed by atoms with Crippen LogP contribution in [0.5, 0.6) is 11.5 Å². The Morgan fingerprint density at radius 1 is 1.18 bits per heavy atom. The van der Waals surface area contributed by atoms with Gasteiger partial charge in [0.2, 0.25) is 5.91 Å². The van der Waals surface area contributed by atoms with Crippen LogP contribution < -0.4 is 10.5 Å². The van der Waals surface area contributed by atoms with Crippen LogP contribution in [0.3, 0.4) is 0 Å². The number of hydrogen-bond acceptors (Lipinski definition) is 6. The van der Waals surface area contributed by atoms with Crippen LogP contribution in [0, 0.1) is 18.8 Å². The van der Waals surface area contributed by atoms with Crippen LogP contribution >= 0.6 is 11.6 Å². The van der Waals surface area contributed by atoms with Crippen LogP contribution in [0.15, 0.2) is 42.5 Å². The minimum atomic E-state index is -1.22. The third-order valence-corrected chi connectivity index (χ3v) is 8.52. The van der Waals surface area contributed by atoms with Crippen molar-refractivity contribution in [1.82, 2.24) is 4.90 Å². The molecule has 4 N–H and O–H groups in total. The number of nitrogens with two attached hydrogens (primary N) is 1. The molecule has 8 heteroatoms. The Bertz CT molecular complexity index is 1070. The zero-order valence-electron chi connectivity index (χ0n) is 22.4. The van der Waals surface area contributed by atoms with Crippen molar-refractivity contribution in [2.24, 2.45) is 17.6 Å². The number of aliphatic hydroxyl groups is 2. The number of benzene rings is 2. The highest BCUT2D eigenvalue weighted by atomic mass is 35.5. The molecule has 1 aliphatic heterocycles. The number of unbranched alkanes of at least 4 members (excludes halogenated alkanes) is 1. The summed E-state index contributed by atoms with van der Waals surface area (Å²) in [6.45, 7) is 3.65. The van der Waals surface area contributed by atoms with E-state index in [0.717, 1.165) is 31.2 Å². The quantitative estimate of drug-likeness (QED) is 0.372. The van der Waals surface area contributed by atoms with Gasteiger partial charge in [0.15, 0.2) is 0 Å². The van der Waals surface area contributed by atoms with Gasteiger partial charge in [0, 0.05) is 50.2 Å². The fourth-order valence-corrected chi connectivity index (χ4v) is 6.30. The molecule has 7 nitrogen and oxygen atoms in total. The molecule has 1 amide bonds. The summed E-state index contributed by atoms with van der Waals surface area (Å²) in [5.41, 5.74) is 6.38. The van der Waals surface area contributed by atoms with Gasteiger partial charge in [-0.3, -0.25) is 4.79 Å². The Labute approximate surface area is 230 Å². The van der Waals surface area contributed by atoms with Gasteiger partial charge >= 0.3 is 0 Å². The maximum Gasteiger partial charge on any atom is 0.225 e. The normalized spacial score (nSPS) is 25.3. The van der Waals surface area contributed by atoms with E-state index in [1.807, 2.05) is 48.2 Å². The molecule has 1 heterocycles. The molecule has 2 fully saturated rings. The summed E-state index contributed by atoms with van der Waals surface area (Å²) in [7, 11) is 1.68. The number of nitrogens with zero attached hydrogens (tertiary/aromatic N) is 1. The van der Waals surface area contributed by atoms with E-state index < -0.39 is 11.7 Å². The van der Waals surface area contributed by atoms with Crippen LogP contribution in [0.4, 0.5) is 0 Å². The first kappa shape index (κ1) is 28.8. The summed E-state index contributed by atoms with van der Waals surface area (Å²) < 4.78 is 11.6. The fraction of sp³-hybridized carbons (Fsp3) is 0.567. The molecule has 2 aromatic carbocycles. The highest BCUT2D eigenvalue weighted by molar-refractivity contribution is 6.32. The Kier molecular flexibility index (Phi) is 9.71. The van der Waals surface area contributed by atoms with Gasteiger partial charge in [-0.1, -0.05) is 41.9 Å². The summed E-state index contributed by atoms with van der Waals surface area (Å²) in [4.78, 5) is 15.3. The molecule has 0 bridgehead atoms. The first-order valence-corrected chi connectivity index (χ1v) is 14.1. The van der Waals surface area contributed by atoms with E-state index in [4.69, 9.17) is 26.8 Å². The van der Waals surface area contributed by atoms with E-state index in [-0.39, 0.29) is 23.8 Å². The Hall–Kier alpha value is -2.16. The average Bonchev–Trinajstić information content (AvgIpc) is 3.26. The molecule has 2 aromatic rings. The second kappa shape index (κ2) is 12.8. The molecule has 1 saturated carbocycles. The van der Waals surface area contributed by atoms with Gasteiger partial charge < -0.3 is 30.3 Å². The zero-order valence-corrected chi connectivity index (χ0v) is 23.2. The summed E-state index contributed by atoms with van der Waals surface area (Å²) in [5, 5.41) is 23.1. The minimum Gasteiger partial charge on any atom is -0.455 e. The predicted octanol–water partition coefficient (Wildman–Crippen LogP) is 4.78.